The number of ether oxygens (including phenoxy) is 1. The van der Waals surface area contributed by atoms with Crippen molar-refractivity contribution >= 4 is 49.8 Å². The lowest BCUT2D eigenvalue weighted by molar-refractivity contribution is 0.0933. The summed E-state index contributed by atoms with van der Waals surface area (Å²) in [5.74, 6) is 0.429. The molecule has 0 radical (unpaired) electrons. The number of fused-ring (bicyclic) bond motifs is 2. The van der Waals surface area contributed by atoms with Crippen molar-refractivity contribution in [2.24, 2.45) is 0 Å². The van der Waals surface area contributed by atoms with Crippen LogP contribution in [-0.2, 0) is 6.61 Å². The van der Waals surface area contributed by atoms with Gasteiger partial charge >= 0.3 is 0 Å². The van der Waals surface area contributed by atoms with Crippen molar-refractivity contribution < 1.29 is 9.53 Å². The molecule has 1 N–H and O–H groups in total. The molecule has 1 heterocycles. The Hall–Kier alpha value is -2.63. The summed E-state index contributed by atoms with van der Waals surface area (Å²) in [7, 11) is 0. The normalized spacial score (nSPS) is 14.4. The third kappa shape index (κ3) is 3.75. The summed E-state index contributed by atoms with van der Waals surface area (Å²) >= 11 is 8.12. The van der Waals surface area contributed by atoms with E-state index in [2.05, 4.69) is 16.4 Å². The highest BCUT2D eigenvalue weighted by molar-refractivity contribution is 7.18. The Balaban J connectivity index is 1.50. The van der Waals surface area contributed by atoms with Gasteiger partial charge in [-0.05, 0) is 31.0 Å². The van der Waals surface area contributed by atoms with E-state index in [1.54, 1.807) is 17.4 Å². The first kappa shape index (κ1) is 19.3. The Morgan fingerprint density at radius 1 is 1.10 bits per heavy atom. The van der Waals surface area contributed by atoms with Crippen molar-refractivity contribution in [3.8, 4) is 5.75 Å². The first-order chi connectivity index (χ1) is 14.7. The van der Waals surface area contributed by atoms with Gasteiger partial charge in [0.05, 0.1) is 15.8 Å². The molecule has 1 aliphatic carbocycles. The van der Waals surface area contributed by atoms with Gasteiger partial charge in [-0.3, -0.25) is 4.79 Å². The van der Waals surface area contributed by atoms with Gasteiger partial charge in [0.1, 0.15) is 17.4 Å². The standard InChI is InChI=1S/C24H21ClN2O2S/c25-19-13-18(24(28)26-15-7-1-2-8-15)23(17-10-4-3-9-16(17)19)29-14-22-27-20-11-5-6-12-21(20)30-22/h3-6,9-13,15H,1-2,7-8,14H2,(H,26,28). The number of nitrogens with one attached hydrogen (secondary N) is 1. The molecular weight excluding hydrogens is 416 g/mol. The van der Waals surface area contributed by atoms with Gasteiger partial charge in [0.25, 0.3) is 5.91 Å². The van der Waals surface area contributed by atoms with Crippen LogP contribution in [0, 0.1) is 0 Å². The number of hydrogen-bond donors (Lipinski definition) is 1. The third-order valence-electron chi connectivity index (χ3n) is 5.56. The van der Waals surface area contributed by atoms with Crippen LogP contribution in [0.25, 0.3) is 21.0 Å². The number of nitrogens with zero attached hydrogens (tertiary/aromatic N) is 1. The minimum absolute atomic E-state index is 0.131. The number of carbonyl (C=O) groups is 1. The van der Waals surface area contributed by atoms with E-state index in [0.717, 1.165) is 51.7 Å². The molecule has 30 heavy (non-hydrogen) atoms. The molecule has 0 bridgehead atoms. The smallest absolute Gasteiger partial charge is 0.255 e. The number of benzene rings is 3. The molecule has 0 saturated heterocycles. The van der Waals surface area contributed by atoms with Crippen LogP contribution in [0.1, 0.15) is 41.0 Å². The molecule has 6 heteroatoms. The minimum Gasteiger partial charge on any atom is -0.485 e. The maximum Gasteiger partial charge on any atom is 0.255 e. The molecule has 0 aliphatic heterocycles. The van der Waals surface area contributed by atoms with Gasteiger partial charge in [-0.25, -0.2) is 4.98 Å². The second kappa shape index (κ2) is 8.25. The quantitative estimate of drug-likeness (QED) is 0.396. The van der Waals surface area contributed by atoms with Gasteiger partial charge in [-0.1, -0.05) is 60.8 Å². The summed E-state index contributed by atoms with van der Waals surface area (Å²) in [5.41, 5.74) is 1.44. The first-order valence-electron chi connectivity index (χ1n) is 10.2. The number of thiazole rings is 1. The van der Waals surface area contributed by atoms with Gasteiger partial charge in [0.2, 0.25) is 0 Å². The molecule has 3 aromatic carbocycles. The third-order valence-corrected chi connectivity index (χ3v) is 6.88. The van der Waals surface area contributed by atoms with E-state index >= 15 is 0 Å². The Bertz CT molecular complexity index is 1200. The fourth-order valence-corrected chi connectivity index (χ4v) is 5.23. The molecule has 4 nitrogen and oxygen atoms in total. The van der Waals surface area contributed by atoms with Crippen LogP contribution < -0.4 is 10.1 Å². The Labute approximate surface area is 183 Å². The van der Waals surface area contributed by atoms with Crippen LogP contribution in [0.3, 0.4) is 0 Å². The Morgan fingerprint density at radius 2 is 1.83 bits per heavy atom. The molecule has 1 saturated carbocycles. The number of amides is 1. The highest BCUT2D eigenvalue weighted by Gasteiger charge is 2.23. The first-order valence-corrected chi connectivity index (χ1v) is 11.4. The maximum absolute atomic E-state index is 13.1. The lowest BCUT2D eigenvalue weighted by Gasteiger charge is -2.17. The fraction of sp³-hybridized carbons (Fsp3) is 0.250. The Morgan fingerprint density at radius 3 is 2.63 bits per heavy atom. The largest absolute Gasteiger partial charge is 0.485 e. The molecule has 1 aromatic heterocycles. The molecule has 1 amide bonds. The lowest BCUT2D eigenvalue weighted by atomic mass is 10.0. The van der Waals surface area contributed by atoms with Crippen LogP contribution in [0.5, 0.6) is 5.75 Å². The van der Waals surface area contributed by atoms with Gasteiger partial charge in [-0.2, -0.15) is 0 Å². The van der Waals surface area contributed by atoms with Gasteiger partial charge in [0, 0.05) is 21.8 Å². The maximum atomic E-state index is 13.1. The van der Waals surface area contributed by atoms with E-state index in [1.807, 2.05) is 42.5 Å². The van der Waals surface area contributed by atoms with Crippen LogP contribution in [0.15, 0.2) is 54.6 Å². The van der Waals surface area contributed by atoms with E-state index in [1.165, 1.54) is 0 Å². The number of para-hydroxylation sites is 1. The number of hydrogen-bond acceptors (Lipinski definition) is 4. The summed E-state index contributed by atoms with van der Waals surface area (Å²) in [6.07, 6.45) is 4.36. The average Bonchev–Trinajstić information content (AvgIpc) is 3.42. The molecule has 5 rings (SSSR count). The Kier molecular flexibility index (Phi) is 5.32. The van der Waals surface area contributed by atoms with Gasteiger partial charge in [-0.15, -0.1) is 11.3 Å². The van der Waals surface area contributed by atoms with Crippen molar-refractivity contribution in [2.45, 2.75) is 38.3 Å². The highest BCUT2D eigenvalue weighted by atomic mass is 35.5. The SMILES string of the molecule is O=C(NC1CCCC1)c1cc(Cl)c2ccccc2c1OCc1nc2ccccc2s1. The number of rotatable bonds is 5. The predicted molar refractivity (Wildman–Crippen MR) is 123 cm³/mol. The molecular formula is C24H21ClN2O2S. The van der Waals surface area contributed by atoms with Gasteiger partial charge in [0.15, 0.2) is 0 Å². The number of halogens is 1. The monoisotopic (exact) mass is 436 g/mol. The van der Waals surface area contributed by atoms with E-state index in [9.17, 15) is 4.79 Å². The second-order valence-corrected chi connectivity index (χ2v) is 9.12. The van der Waals surface area contributed by atoms with Crippen molar-refractivity contribution in [1.82, 2.24) is 10.3 Å². The zero-order valence-electron chi connectivity index (χ0n) is 16.4. The van der Waals surface area contributed by atoms with Gasteiger partial charge < -0.3 is 10.1 Å². The summed E-state index contributed by atoms with van der Waals surface area (Å²) in [6, 6.07) is 17.7. The predicted octanol–water partition coefficient (Wildman–Crippen LogP) is 6.35. The molecule has 1 aliphatic rings. The fourth-order valence-electron chi connectivity index (χ4n) is 4.08. The van der Waals surface area contributed by atoms with Crippen LogP contribution >= 0.6 is 22.9 Å². The molecule has 0 atom stereocenters. The number of aromatic nitrogens is 1. The highest BCUT2D eigenvalue weighted by Crippen LogP contribution is 2.36. The minimum atomic E-state index is -0.131. The zero-order valence-corrected chi connectivity index (χ0v) is 17.9. The average molecular weight is 437 g/mol. The van der Waals surface area contributed by atoms with Crippen LogP contribution in [-0.4, -0.2) is 16.9 Å². The second-order valence-electron chi connectivity index (χ2n) is 7.60. The summed E-state index contributed by atoms with van der Waals surface area (Å²) in [5, 5.41) is 6.29. The molecule has 152 valence electrons. The molecule has 0 unspecified atom stereocenters. The topological polar surface area (TPSA) is 51.2 Å². The molecule has 4 aromatic rings. The van der Waals surface area contributed by atoms with Crippen LogP contribution in [0.2, 0.25) is 5.02 Å². The summed E-state index contributed by atoms with van der Waals surface area (Å²) in [6.45, 7) is 0.300. The van der Waals surface area contributed by atoms with E-state index in [4.69, 9.17) is 16.3 Å². The zero-order chi connectivity index (χ0) is 20.5. The van der Waals surface area contributed by atoms with Crippen molar-refractivity contribution in [3.63, 3.8) is 0 Å². The summed E-state index contributed by atoms with van der Waals surface area (Å²) < 4.78 is 7.36. The number of carbonyl (C=O) groups excluding carboxylic acids is 1. The molecule has 0 spiro atoms. The molecule has 1 fully saturated rings. The van der Waals surface area contributed by atoms with Crippen LogP contribution in [0.4, 0.5) is 0 Å². The van der Waals surface area contributed by atoms with E-state index in [-0.39, 0.29) is 11.9 Å². The lowest BCUT2D eigenvalue weighted by Crippen LogP contribution is -2.32. The van der Waals surface area contributed by atoms with E-state index in [0.29, 0.717) is 22.9 Å². The van der Waals surface area contributed by atoms with Crippen molar-refractivity contribution in [1.29, 1.82) is 0 Å². The summed E-state index contributed by atoms with van der Waals surface area (Å²) in [4.78, 5) is 17.8. The van der Waals surface area contributed by atoms with E-state index < -0.39 is 0 Å². The van der Waals surface area contributed by atoms with Crippen molar-refractivity contribution in [3.05, 3.63) is 70.2 Å². The van der Waals surface area contributed by atoms with Crippen molar-refractivity contribution in [2.75, 3.05) is 0 Å².